The van der Waals surface area contributed by atoms with Crippen LogP contribution in [0.15, 0.2) is 18.5 Å². The molecule has 0 fully saturated rings. The van der Waals surface area contributed by atoms with Gasteiger partial charge in [-0.2, -0.15) is 0 Å². The fraction of sp³-hybridized carbons (Fsp3) is 0.545. The van der Waals surface area contributed by atoms with Crippen LogP contribution in [0, 0.1) is 6.92 Å². The average Bonchev–Trinajstić information content (AvgIpc) is 2.24. The highest BCUT2D eigenvalue weighted by atomic mass is 32.2. The van der Waals surface area contributed by atoms with Crippen LogP contribution in [-0.2, 0) is 17.3 Å². The summed E-state index contributed by atoms with van der Waals surface area (Å²) in [6.45, 7) is 5.58. The molecule has 1 N–H and O–H groups in total. The van der Waals surface area contributed by atoms with E-state index in [1.54, 1.807) is 0 Å². The zero-order valence-electron chi connectivity index (χ0n) is 9.32. The standard InChI is InChI=1S/C11H18N2OS/c1-3-15(14)5-4-12-8-11-6-10(2)7-13-9-11/h6-7,9,12H,3-5,8H2,1-2H3. The molecule has 1 rings (SSSR count). The Labute approximate surface area is 93.8 Å². The maximum absolute atomic E-state index is 11.1. The molecule has 0 saturated carbocycles. The van der Waals surface area contributed by atoms with E-state index in [4.69, 9.17) is 0 Å². The zero-order valence-corrected chi connectivity index (χ0v) is 10.1. The molecule has 4 heteroatoms. The first kappa shape index (κ1) is 12.3. The van der Waals surface area contributed by atoms with Gasteiger partial charge in [0, 0.05) is 47.8 Å². The molecular weight excluding hydrogens is 208 g/mol. The van der Waals surface area contributed by atoms with Crippen molar-refractivity contribution < 1.29 is 4.21 Å². The third-order valence-corrected chi connectivity index (χ3v) is 3.39. The van der Waals surface area contributed by atoms with Crippen molar-refractivity contribution in [3.63, 3.8) is 0 Å². The maximum Gasteiger partial charge on any atom is 0.0360 e. The lowest BCUT2D eigenvalue weighted by molar-refractivity contribution is 0.673. The van der Waals surface area contributed by atoms with Crippen molar-refractivity contribution in [3.8, 4) is 0 Å². The lowest BCUT2D eigenvalue weighted by Gasteiger charge is -2.04. The summed E-state index contributed by atoms with van der Waals surface area (Å²) in [5.41, 5.74) is 2.35. The second-order valence-electron chi connectivity index (χ2n) is 3.48. The van der Waals surface area contributed by atoms with Gasteiger partial charge in [0.05, 0.1) is 0 Å². The average molecular weight is 226 g/mol. The smallest absolute Gasteiger partial charge is 0.0360 e. The highest BCUT2D eigenvalue weighted by Crippen LogP contribution is 1.99. The van der Waals surface area contributed by atoms with E-state index in [1.165, 1.54) is 11.1 Å². The van der Waals surface area contributed by atoms with Crippen LogP contribution in [-0.4, -0.2) is 27.2 Å². The molecule has 3 nitrogen and oxygen atoms in total. The Bertz CT molecular complexity index is 328. The third-order valence-electron chi connectivity index (χ3n) is 2.09. The fourth-order valence-corrected chi connectivity index (χ4v) is 1.94. The van der Waals surface area contributed by atoms with Crippen molar-refractivity contribution in [1.29, 1.82) is 0 Å². The van der Waals surface area contributed by atoms with Crippen LogP contribution in [0.4, 0.5) is 0 Å². The van der Waals surface area contributed by atoms with E-state index in [0.29, 0.717) is 0 Å². The number of rotatable bonds is 6. The fourth-order valence-electron chi connectivity index (χ4n) is 1.28. The number of hydrogen-bond acceptors (Lipinski definition) is 3. The van der Waals surface area contributed by atoms with Crippen LogP contribution in [0.1, 0.15) is 18.1 Å². The first-order valence-electron chi connectivity index (χ1n) is 5.18. The summed E-state index contributed by atoms with van der Waals surface area (Å²) in [5.74, 6) is 1.48. The van der Waals surface area contributed by atoms with E-state index in [0.717, 1.165) is 24.6 Å². The van der Waals surface area contributed by atoms with Crippen LogP contribution in [0.5, 0.6) is 0 Å². The van der Waals surface area contributed by atoms with Crippen molar-refractivity contribution in [2.24, 2.45) is 0 Å². The van der Waals surface area contributed by atoms with Gasteiger partial charge in [-0.1, -0.05) is 13.0 Å². The van der Waals surface area contributed by atoms with Crippen LogP contribution < -0.4 is 5.32 Å². The third kappa shape index (κ3) is 5.04. The molecule has 15 heavy (non-hydrogen) atoms. The monoisotopic (exact) mass is 226 g/mol. The summed E-state index contributed by atoms with van der Waals surface area (Å²) in [6, 6.07) is 2.11. The molecule has 84 valence electrons. The Morgan fingerprint density at radius 3 is 2.93 bits per heavy atom. The number of hydrogen-bond donors (Lipinski definition) is 1. The minimum atomic E-state index is -0.667. The molecule has 1 unspecified atom stereocenters. The highest BCUT2D eigenvalue weighted by Gasteiger charge is 1.96. The van der Waals surface area contributed by atoms with E-state index < -0.39 is 10.8 Å². The summed E-state index contributed by atoms with van der Waals surface area (Å²) >= 11 is 0. The van der Waals surface area contributed by atoms with Crippen molar-refractivity contribution >= 4 is 10.8 Å². The normalized spacial score (nSPS) is 12.7. The SMILES string of the molecule is CCS(=O)CCNCc1cncc(C)c1. The molecule has 0 aliphatic heterocycles. The quantitative estimate of drug-likeness (QED) is 0.742. The molecule has 1 heterocycles. The molecule has 0 amide bonds. The van der Waals surface area contributed by atoms with Gasteiger partial charge >= 0.3 is 0 Å². The summed E-state index contributed by atoms with van der Waals surface area (Å²) in [6.07, 6.45) is 3.70. The molecule has 0 spiro atoms. The lowest BCUT2D eigenvalue weighted by Crippen LogP contribution is -2.20. The number of pyridine rings is 1. The number of nitrogens with one attached hydrogen (secondary N) is 1. The molecule has 0 saturated heterocycles. The van der Waals surface area contributed by atoms with Crippen molar-refractivity contribution in [2.45, 2.75) is 20.4 Å². The molecular formula is C11H18N2OS. The second-order valence-corrected chi connectivity index (χ2v) is 5.35. The van der Waals surface area contributed by atoms with E-state index in [9.17, 15) is 4.21 Å². The molecule has 1 aromatic heterocycles. The van der Waals surface area contributed by atoms with Crippen molar-refractivity contribution in [2.75, 3.05) is 18.1 Å². The predicted molar refractivity (Wildman–Crippen MR) is 64.2 cm³/mol. The van der Waals surface area contributed by atoms with Crippen molar-refractivity contribution in [3.05, 3.63) is 29.6 Å². The van der Waals surface area contributed by atoms with Gasteiger partial charge < -0.3 is 5.32 Å². The Morgan fingerprint density at radius 2 is 2.27 bits per heavy atom. The van der Waals surface area contributed by atoms with Crippen LogP contribution in [0.25, 0.3) is 0 Å². The summed E-state index contributed by atoms with van der Waals surface area (Å²) in [4.78, 5) is 4.11. The van der Waals surface area contributed by atoms with E-state index in [2.05, 4.69) is 16.4 Å². The Morgan fingerprint density at radius 1 is 1.47 bits per heavy atom. The number of aryl methyl sites for hydroxylation is 1. The van der Waals surface area contributed by atoms with Gasteiger partial charge in [0.25, 0.3) is 0 Å². The van der Waals surface area contributed by atoms with Crippen LogP contribution in [0.3, 0.4) is 0 Å². The van der Waals surface area contributed by atoms with Crippen molar-refractivity contribution in [1.82, 2.24) is 10.3 Å². The molecule has 0 radical (unpaired) electrons. The Hall–Kier alpha value is -0.740. The van der Waals surface area contributed by atoms with E-state index in [1.807, 2.05) is 26.2 Å². The first-order valence-corrected chi connectivity index (χ1v) is 6.67. The number of aromatic nitrogens is 1. The zero-order chi connectivity index (χ0) is 11.1. The number of nitrogens with zero attached hydrogens (tertiary/aromatic N) is 1. The molecule has 1 aromatic rings. The minimum Gasteiger partial charge on any atom is -0.312 e. The van der Waals surface area contributed by atoms with Gasteiger partial charge in [-0.25, -0.2) is 0 Å². The maximum atomic E-state index is 11.1. The van der Waals surface area contributed by atoms with Gasteiger partial charge in [-0.15, -0.1) is 0 Å². The molecule has 1 atom stereocenters. The largest absolute Gasteiger partial charge is 0.312 e. The van der Waals surface area contributed by atoms with Crippen LogP contribution in [0.2, 0.25) is 0 Å². The van der Waals surface area contributed by atoms with Crippen LogP contribution >= 0.6 is 0 Å². The summed E-state index contributed by atoms with van der Waals surface area (Å²) < 4.78 is 11.1. The Balaban J connectivity index is 2.23. The summed E-state index contributed by atoms with van der Waals surface area (Å²) in [7, 11) is -0.667. The lowest BCUT2D eigenvalue weighted by atomic mass is 10.2. The van der Waals surface area contributed by atoms with Gasteiger partial charge in [0.2, 0.25) is 0 Å². The Kier molecular flexibility index (Phi) is 5.50. The molecule has 0 aliphatic carbocycles. The van der Waals surface area contributed by atoms with E-state index >= 15 is 0 Å². The molecule has 0 bridgehead atoms. The van der Waals surface area contributed by atoms with Gasteiger partial charge in [-0.3, -0.25) is 9.19 Å². The van der Waals surface area contributed by atoms with E-state index in [-0.39, 0.29) is 0 Å². The van der Waals surface area contributed by atoms with Gasteiger partial charge in [0.1, 0.15) is 0 Å². The molecule has 0 aromatic carbocycles. The predicted octanol–water partition coefficient (Wildman–Crippen LogP) is 1.25. The second kappa shape index (κ2) is 6.69. The minimum absolute atomic E-state index is 0.667. The topological polar surface area (TPSA) is 42.0 Å². The van der Waals surface area contributed by atoms with Gasteiger partial charge in [0.15, 0.2) is 0 Å². The van der Waals surface area contributed by atoms with Gasteiger partial charge in [-0.05, 0) is 18.1 Å². The first-order chi connectivity index (χ1) is 7.22. The highest BCUT2D eigenvalue weighted by molar-refractivity contribution is 7.84. The molecule has 0 aliphatic rings. The summed E-state index contributed by atoms with van der Waals surface area (Å²) in [5, 5.41) is 3.26.